The first-order valence-electron chi connectivity index (χ1n) is 6.39. The highest BCUT2D eigenvalue weighted by molar-refractivity contribution is 8.00. The molecule has 0 amide bonds. The van der Waals surface area contributed by atoms with Gasteiger partial charge in [0.15, 0.2) is 23.4 Å². The Labute approximate surface area is 132 Å². The largest absolute Gasteiger partial charge is 0.481 e. The molecular formula is C13H12F3NO5S. The topological polar surface area (TPSA) is 98.1 Å². The average Bonchev–Trinajstić information content (AvgIpc) is 2.88. The number of aliphatic hydroxyl groups excluding tert-OH is 1. The summed E-state index contributed by atoms with van der Waals surface area (Å²) >= 11 is 0.883. The summed E-state index contributed by atoms with van der Waals surface area (Å²) in [4.78, 5) is 23.4. The van der Waals surface area contributed by atoms with Gasteiger partial charge in [-0.25, -0.2) is 13.2 Å². The molecule has 2 unspecified atom stereocenters. The summed E-state index contributed by atoms with van der Waals surface area (Å²) in [5.41, 5.74) is -0.495. The fourth-order valence-electron chi connectivity index (χ4n) is 2.37. The van der Waals surface area contributed by atoms with E-state index in [1.807, 2.05) is 0 Å². The molecule has 0 bridgehead atoms. The summed E-state index contributed by atoms with van der Waals surface area (Å²) in [5.74, 6) is -9.87. The van der Waals surface area contributed by atoms with Crippen LogP contribution >= 0.6 is 11.8 Å². The lowest BCUT2D eigenvalue weighted by Gasteiger charge is -2.32. The number of hydrogen-bond donors (Lipinski definition) is 3. The summed E-state index contributed by atoms with van der Waals surface area (Å²) in [6, 6.07) is 0.708. The molecule has 10 heteroatoms. The van der Waals surface area contributed by atoms with E-state index < -0.39 is 59.0 Å². The molecule has 2 rings (SSSR count). The van der Waals surface area contributed by atoms with Gasteiger partial charge in [0, 0.05) is 5.75 Å². The lowest BCUT2D eigenvalue weighted by Crippen LogP contribution is -2.47. The first-order valence-corrected chi connectivity index (χ1v) is 7.44. The number of carbonyl (C=O) groups is 2. The van der Waals surface area contributed by atoms with Gasteiger partial charge in [-0.05, 0) is 12.1 Å². The minimum atomic E-state index is -1.93. The van der Waals surface area contributed by atoms with Crippen LogP contribution in [0.5, 0.6) is 0 Å². The Balaban J connectivity index is 2.52. The number of aliphatic carboxylic acids is 2. The van der Waals surface area contributed by atoms with E-state index in [1.165, 1.54) is 0 Å². The Morgan fingerprint density at radius 2 is 1.83 bits per heavy atom. The molecule has 6 nitrogen and oxygen atoms in total. The normalized spacial score (nSPS) is 21.0. The van der Waals surface area contributed by atoms with Gasteiger partial charge >= 0.3 is 11.9 Å². The number of carboxylic acid groups (broad SMARTS) is 2. The molecule has 0 radical (unpaired) electrons. The molecular weight excluding hydrogens is 339 g/mol. The minimum Gasteiger partial charge on any atom is -0.481 e. The van der Waals surface area contributed by atoms with E-state index in [4.69, 9.17) is 10.2 Å². The minimum absolute atomic E-state index is 0.108. The van der Waals surface area contributed by atoms with Crippen molar-refractivity contribution in [2.45, 2.75) is 11.4 Å². The van der Waals surface area contributed by atoms with Crippen LogP contribution in [0.4, 0.5) is 18.9 Å². The Bertz CT molecular complexity index is 630. The summed E-state index contributed by atoms with van der Waals surface area (Å²) in [5, 5.41) is 26.2. The predicted molar refractivity (Wildman–Crippen MR) is 74.7 cm³/mol. The molecule has 1 aliphatic heterocycles. The van der Waals surface area contributed by atoms with Crippen molar-refractivity contribution < 1.29 is 38.1 Å². The average molecular weight is 351 g/mol. The monoisotopic (exact) mass is 351 g/mol. The maximum absolute atomic E-state index is 14.0. The third-order valence-corrected chi connectivity index (χ3v) is 4.87. The van der Waals surface area contributed by atoms with Crippen LogP contribution in [-0.4, -0.2) is 51.0 Å². The van der Waals surface area contributed by atoms with E-state index in [2.05, 4.69) is 0 Å². The van der Waals surface area contributed by atoms with Crippen molar-refractivity contribution >= 4 is 29.4 Å². The van der Waals surface area contributed by atoms with Gasteiger partial charge in [0.2, 0.25) is 0 Å². The van der Waals surface area contributed by atoms with E-state index in [0.717, 1.165) is 22.7 Å². The second kappa shape index (κ2) is 6.67. The lowest BCUT2D eigenvalue weighted by molar-refractivity contribution is -0.154. The van der Waals surface area contributed by atoms with Crippen LogP contribution in [0.3, 0.4) is 0 Å². The zero-order chi connectivity index (χ0) is 17.3. The number of hydrogen-bond acceptors (Lipinski definition) is 5. The number of aliphatic hydroxyl groups is 1. The van der Waals surface area contributed by atoms with E-state index in [1.54, 1.807) is 0 Å². The van der Waals surface area contributed by atoms with Crippen LogP contribution in [0, 0.1) is 23.4 Å². The van der Waals surface area contributed by atoms with Gasteiger partial charge in [0.1, 0.15) is 0 Å². The maximum atomic E-state index is 14.0. The van der Waals surface area contributed by atoms with Crippen LogP contribution in [0.1, 0.15) is 0 Å². The van der Waals surface area contributed by atoms with Crippen molar-refractivity contribution in [1.82, 2.24) is 0 Å². The van der Waals surface area contributed by atoms with Crippen LogP contribution in [0.25, 0.3) is 0 Å². The lowest BCUT2D eigenvalue weighted by atomic mass is 10.1. The number of anilines is 1. The van der Waals surface area contributed by atoms with Gasteiger partial charge in [-0.3, -0.25) is 9.59 Å². The fraction of sp³-hybridized carbons (Fsp3) is 0.385. The first-order chi connectivity index (χ1) is 10.8. The second-order valence-corrected chi connectivity index (χ2v) is 5.97. The van der Waals surface area contributed by atoms with Crippen molar-refractivity contribution in [3.05, 3.63) is 29.6 Å². The smallest absolute Gasteiger partial charge is 0.320 e. The highest BCUT2D eigenvalue weighted by Crippen LogP contribution is 2.40. The number of thioether (sulfide) groups is 1. The molecule has 0 aromatic heterocycles. The summed E-state index contributed by atoms with van der Waals surface area (Å²) in [7, 11) is 0. The molecule has 3 N–H and O–H groups in total. The van der Waals surface area contributed by atoms with Gasteiger partial charge in [0.25, 0.3) is 0 Å². The third-order valence-electron chi connectivity index (χ3n) is 3.45. The molecule has 126 valence electrons. The van der Waals surface area contributed by atoms with Crippen molar-refractivity contribution in [2.75, 3.05) is 17.3 Å². The van der Waals surface area contributed by atoms with Gasteiger partial charge in [-0.2, -0.15) is 0 Å². The van der Waals surface area contributed by atoms with Gasteiger partial charge in [-0.1, -0.05) is 0 Å². The van der Waals surface area contributed by atoms with Crippen LogP contribution in [0.15, 0.2) is 12.1 Å². The molecule has 1 aromatic carbocycles. The van der Waals surface area contributed by atoms with Crippen LogP contribution < -0.4 is 4.90 Å². The number of rotatable bonds is 5. The molecule has 0 aliphatic carbocycles. The van der Waals surface area contributed by atoms with E-state index in [-0.39, 0.29) is 5.75 Å². The molecule has 1 aliphatic rings. The summed E-state index contributed by atoms with van der Waals surface area (Å²) in [6.07, 6.45) is 0. The molecule has 23 heavy (non-hydrogen) atoms. The standard InChI is InChI=1S/C13H12F3NO5S/c14-6-1-2-7(10(16)9(6)15)17-5(3-18)4-23-11(17)8(12(19)20)13(21)22/h1-2,5,8,11,18H,3-4H2,(H,19,20)(H,21,22). The fourth-order valence-corrected chi connectivity index (χ4v) is 3.93. The first kappa shape index (κ1) is 17.4. The third kappa shape index (κ3) is 3.08. The highest BCUT2D eigenvalue weighted by Gasteiger charge is 2.46. The van der Waals surface area contributed by atoms with E-state index in [0.29, 0.717) is 6.07 Å². The van der Waals surface area contributed by atoms with Crippen molar-refractivity contribution in [2.24, 2.45) is 5.92 Å². The van der Waals surface area contributed by atoms with E-state index in [9.17, 15) is 27.9 Å². The molecule has 1 aromatic rings. The molecule has 1 fully saturated rings. The molecule has 0 spiro atoms. The van der Waals surface area contributed by atoms with Crippen LogP contribution in [-0.2, 0) is 9.59 Å². The SMILES string of the molecule is O=C(O)C(C(=O)O)C1SCC(CO)N1c1ccc(F)c(F)c1F. The highest BCUT2D eigenvalue weighted by atomic mass is 32.2. The van der Waals surface area contributed by atoms with Crippen molar-refractivity contribution in [3.8, 4) is 0 Å². The van der Waals surface area contributed by atoms with Gasteiger partial charge < -0.3 is 20.2 Å². The Kier molecular flexibility index (Phi) is 5.05. The number of halogens is 3. The van der Waals surface area contributed by atoms with Gasteiger partial charge in [0.05, 0.1) is 23.7 Å². The Morgan fingerprint density at radius 1 is 1.22 bits per heavy atom. The zero-order valence-electron chi connectivity index (χ0n) is 11.4. The quantitative estimate of drug-likeness (QED) is 0.540. The molecule has 0 saturated carbocycles. The van der Waals surface area contributed by atoms with Gasteiger partial charge in [-0.15, -0.1) is 11.8 Å². The molecule has 1 saturated heterocycles. The number of carboxylic acids is 2. The summed E-state index contributed by atoms with van der Waals surface area (Å²) in [6.45, 7) is -0.534. The number of benzene rings is 1. The van der Waals surface area contributed by atoms with Crippen molar-refractivity contribution in [1.29, 1.82) is 0 Å². The van der Waals surface area contributed by atoms with Crippen LogP contribution in [0.2, 0.25) is 0 Å². The Morgan fingerprint density at radius 3 is 2.35 bits per heavy atom. The van der Waals surface area contributed by atoms with E-state index >= 15 is 0 Å². The molecule has 1 heterocycles. The second-order valence-electron chi connectivity index (χ2n) is 4.82. The maximum Gasteiger partial charge on any atom is 0.320 e. The predicted octanol–water partition coefficient (Wildman–Crippen LogP) is 1.13. The number of nitrogens with zero attached hydrogens (tertiary/aromatic N) is 1. The zero-order valence-corrected chi connectivity index (χ0v) is 12.3. The van der Waals surface area contributed by atoms with Crippen molar-refractivity contribution in [3.63, 3.8) is 0 Å². The summed E-state index contributed by atoms with van der Waals surface area (Å²) < 4.78 is 40.5. The Hall–Kier alpha value is -1.94. The molecule has 2 atom stereocenters.